The molecule has 3 nitrogen and oxygen atoms in total. The molecule has 3 rings (SSSR count). The molecule has 0 bridgehead atoms. The third-order valence-electron chi connectivity index (χ3n) is 3.44. The molecule has 1 unspecified atom stereocenters. The van der Waals surface area contributed by atoms with Gasteiger partial charge in [0, 0.05) is 23.3 Å². The molecule has 0 aliphatic rings. The number of hydrogen-bond acceptors (Lipinski definition) is 3. The highest BCUT2D eigenvalue weighted by Gasteiger charge is 2.28. The van der Waals surface area contributed by atoms with Crippen molar-refractivity contribution >= 4 is 10.9 Å². The average Bonchev–Trinajstić information content (AvgIpc) is 2.46. The van der Waals surface area contributed by atoms with Gasteiger partial charge in [-0.15, -0.1) is 0 Å². The maximum Gasteiger partial charge on any atom is 0.141 e. The molecule has 0 aliphatic carbocycles. The molecular weight excluding hydrogens is 255 g/mol. The van der Waals surface area contributed by atoms with Crippen LogP contribution >= 0.6 is 0 Å². The number of rotatable bonds is 2. The van der Waals surface area contributed by atoms with Crippen molar-refractivity contribution in [2.24, 2.45) is 0 Å². The highest BCUT2D eigenvalue weighted by atomic mass is 19.1. The smallest absolute Gasteiger partial charge is 0.141 e. The molecule has 0 amide bonds. The van der Waals surface area contributed by atoms with Gasteiger partial charge in [0.1, 0.15) is 11.4 Å². The molecule has 4 heteroatoms. The number of aliphatic hydroxyl groups is 1. The van der Waals surface area contributed by atoms with Gasteiger partial charge in [-0.05, 0) is 30.7 Å². The van der Waals surface area contributed by atoms with Crippen LogP contribution in [0.25, 0.3) is 10.9 Å². The highest BCUT2D eigenvalue weighted by Crippen LogP contribution is 2.33. The monoisotopic (exact) mass is 268 g/mol. The number of nitrogens with zero attached hydrogens (tertiary/aromatic N) is 2. The summed E-state index contributed by atoms with van der Waals surface area (Å²) in [4.78, 5) is 8.07. The van der Waals surface area contributed by atoms with E-state index in [1.54, 1.807) is 13.1 Å². The Bertz CT molecular complexity index is 766. The third kappa shape index (κ3) is 2.04. The number of fused-ring (bicyclic) bond motifs is 1. The minimum atomic E-state index is -1.34. The summed E-state index contributed by atoms with van der Waals surface area (Å²) in [6.45, 7) is 1.63. The first-order chi connectivity index (χ1) is 9.59. The van der Waals surface area contributed by atoms with Gasteiger partial charge in [-0.3, -0.25) is 9.97 Å². The largest absolute Gasteiger partial charge is 0.381 e. The fourth-order valence-electron chi connectivity index (χ4n) is 2.36. The lowest BCUT2D eigenvalue weighted by Crippen LogP contribution is -2.23. The normalized spacial score (nSPS) is 14.2. The zero-order valence-corrected chi connectivity index (χ0v) is 10.9. The molecule has 2 aromatic heterocycles. The summed E-state index contributed by atoms with van der Waals surface area (Å²) >= 11 is 0. The summed E-state index contributed by atoms with van der Waals surface area (Å²) in [5.41, 5.74) is 0.538. The molecule has 100 valence electrons. The summed E-state index contributed by atoms with van der Waals surface area (Å²) in [5, 5.41) is 11.7. The zero-order chi connectivity index (χ0) is 14.2. The van der Waals surface area contributed by atoms with Gasteiger partial charge in [0.25, 0.3) is 0 Å². The lowest BCUT2D eigenvalue weighted by Gasteiger charge is -2.25. The standard InChI is InChI=1S/C16H13FN2O/c1-16(20,11-8-12(17)10-18-9-11)14-5-2-6-15-13(14)4-3-7-19-15/h2-10,20H,1H3. The quantitative estimate of drug-likeness (QED) is 0.777. The number of halogens is 1. The Labute approximate surface area is 115 Å². The highest BCUT2D eigenvalue weighted by molar-refractivity contribution is 5.83. The number of benzene rings is 1. The van der Waals surface area contributed by atoms with Crippen LogP contribution in [0, 0.1) is 5.82 Å². The molecule has 0 aliphatic heterocycles. The second-order valence-electron chi connectivity index (χ2n) is 4.84. The topological polar surface area (TPSA) is 46.0 Å². The lowest BCUT2D eigenvalue weighted by molar-refractivity contribution is 0.103. The molecular formula is C16H13FN2O. The van der Waals surface area contributed by atoms with E-state index in [1.165, 1.54) is 12.3 Å². The van der Waals surface area contributed by atoms with Gasteiger partial charge in [-0.2, -0.15) is 0 Å². The predicted molar refractivity (Wildman–Crippen MR) is 74.6 cm³/mol. The lowest BCUT2D eigenvalue weighted by atomic mass is 9.87. The van der Waals surface area contributed by atoms with E-state index in [0.717, 1.165) is 17.1 Å². The van der Waals surface area contributed by atoms with E-state index < -0.39 is 11.4 Å². The minimum Gasteiger partial charge on any atom is -0.381 e. The maximum atomic E-state index is 13.3. The molecule has 0 saturated heterocycles. The SMILES string of the molecule is CC(O)(c1cncc(F)c1)c1cccc2ncccc12. The molecule has 0 spiro atoms. The van der Waals surface area contributed by atoms with Crippen molar-refractivity contribution in [1.82, 2.24) is 9.97 Å². The van der Waals surface area contributed by atoms with Crippen molar-refractivity contribution in [2.75, 3.05) is 0 Å². The van der Waals surface area contributed by atoms with E-state index in [-0.39, 0.29) is 0 Å². The van der Waals surface area contributed by atoms with Crippen molar-refractivity contribution in [3.8, 4) is 0 Å². The Kier molecular flexibility index (Phi) is 2.95. The maximum absolute atomic E-state index is 13.3. The van der Waals surface area contributed by atoms with Gasteiger partial charge < -0.3 is 5.11 Å². The average molecular weight is 268 g/mol. The molecule has 1 aromatic carbocycles. The molecule has 1 N–H and O–H groups in total. The Balaban J connectivity index is 2.23. The van der Waals surface area contributed by atoms with Gasteiger partial charge in [0.15, 0.2) is 0 Å². The van der Waals surface area contributed by atoms with E-state index >= 15 is 0 Å². The van der Waals surface area contributed by atoms with Gasteiger partial charge in [-0.25, -0.2) is 4.39 Å². The van der Waals surface area contributed by atoms with Crippen LogP contribution in [0.5, 0.6) is 0 Å². The Morgan fingerprint density at radius 1 is 1.15 bits per heavy atom. The van der Waals surface area contributed by atoms with E-state index in [9.17, 15) is 9.50 Å². The van der Waals surface area contributed by atoms with Gasteiger partial charge in [0.05, 0.1) is 11.7 Å². The fourth-order valence-corrected chi connectivity index (χ4v) is 2.36. The molecule has 20 heavy (non-hydrogen) atoms. The summed E-state index contributed by atoms with van der Waals surface area (Å²) in [5.74, 6) is -0.471. The second kappa shape index (κ2) is 4.65. The van der Waals surface area contributed by atoms with Crippen LogP contribution in [0.1, 0.15) is 18.1 Å². The van der Waals surface area contributed by atoms with Crippen LogP contribution in [-0.2, 0) is 5.60 Å². The second-order valence-corrected chi connectivity index (χ2v) is 4.84. The predicted octanol–water partition coefficient (Wildman–Crippen LogP) is 3.02. The van der Waals surface area contributed by atoms with Crippen LogP contribution in [0.3, 0.4) is 0 Å². The Morgan fingerprint density at radius 2 is 2.00 bits per heavy atom. The van der Waals surface area contributed by atoms with Crippen molar-refractivity contribution in [2.45, 2.75) is 12.5 Å². The van der Waals surface area contributed by atoms with Crippen LogP contribution < -0.4 is 0 Å². The summed E-state index contributed by atoms with van der Waals surface area (Å²) in [6, 6.07) is 10.5. The number of aromatic nitrogens is 2. The molecule has 3 aromatic rings. The van der Waals surface area contributed by atoms with E-state index in [0.29, 0.717) is 11.1 Å². The van der Waals surface area contributed by atoms with Crippen molar-refractivity contribution < 1.29 is 9.50 Å². The summed E-state index contributed by atoms with van der Waals surface area (Å²) in [6.07, 6.45) is 4.28. The van der Waals surface area contributed by atoms with E-state index in [2.05, 4.69) is 9.97 Å². The van der Waals surface area contributed by atoms with E-state index in [1.807, 2.05) is 30.3 Å². The third-order valence-corrected chi connectivity index (χ3v) is 3.44. The molecule has 1 atom stereocenters. The minimum absolute atomic E-state index is 0.411. The molecule has 0 saturated carbocycles. The van der Waals surface area contributed by atoms with Crippen LogP contribution in [-0.4, -0.2) is 15.1 Å². The number of pyridine rings is 2. The van der Waals surface area contributed by atoms with Crippen LogP contribution in [0.4, 0.5) is 4.39 Å². The Hall–Kier alpha value is -2.33. The first kappa shape index (κ1) is 12.7. The number of hydrogen-bond donors (Lipinski definition) is 1. The van der Waals surface area contributed by atoms with Gasteiger partial charge >= 0.3 is 0 Å². The van der Waals surface area contributed by atoms with Gasteiger partial charge in [0.2, 0.25) is 0 Å². The molecule has 0 fully saturated rings. The Morgan fingerprint density at radius 3 is 2.80 bits per heavy atom. The zero-order valence-electron chi connectivity index (χ0n) is 10.9. The van der Waals surface area contributed by atoms with Gasteiger partial charge in [-0.1, -0.05) is 18.2 Å². The summed E-state index contributed by atoms with van der Waals surface area (Å²) < 4.78 is 13.3. The fraction of sp³-hybridized carbons (Fsp3) is 0.125. The van der Waals surface area contributed by atoms with Crippen molar-refractivity contribution in [3.63, 3.8) is 0 Å². The molecule has 0 radical (unpaired) electrons. The van der Waals surface area contributed by atoms with Crippen LogP contribution in [0.15, 0.2) is 55.0 Å². The first-order valence-electron chi connectivity index (χ1n) is 6.26. The van der Waals surface area contributed by atoms with Crippen molar-refractivity contribution in [3.05, 3.63) is 71.9 Å². The van der Waals surface area contributed by atoms with Crippen molar-refractivity contribution in [1.29, 1.82) is 0 Å². The first-order valence-corrected chi connectivity index (χ1v) is 6.26. The summed E-state index contributed by atoms with van der Waals surface area (Å²) in [7, 11) is 0. The van der Waals surface area contributed by atoms with E-state index in [4.69, 9.17) is 0 Å². The molecule has 2 heterocycles. The van der Waals surface area contributed by atoms with Crippen LogP contribution in [0.2, 0.25) is 0 Å².